The monoisotopic (exact) mass is 202 g/mol. The van der Waals surface area contributed by atoms with Gasteiger partial charge in [0.1, 0.15) is 0 Å². The van der Waals surface area contributed by atoms with Gasteiger partial charge in [-0.15, -0.1) is 3.89 Å². The van der Waals surface area contributed by atoms with E-state index in [1.807, 2.05) is 0 Å². The Morgan fingerprint density at radius 1 is 1.17 bits per heavy atom. The number of hydrogen-bond acceptors (Lipinski definition) is 2. The molecule has 1 saturated carbocycles. The fourth-order valence-electron chi connectivity index (χ4n) is 1.30. The molecule has 2 nitrogen and oxygen atoms in total. The lowest BCUT2D eigenvalue weighted by Crippen LogP contribution is -2.30. The molecule has 0 N–H and O–H groups in total. The number of halogens is 3. The van der Waals surface area contributed by atoms with Crippen LogP contribution in [0.1, 0.15) is 25.7 Å². The predicted octanol–water partition coefficient (Wildman–Crippen LogP) is 1.86. The smallest absolute Gasteiger partial charge is 0.207 e. The first kappa shape index (κ1) is 9.83. The first-order chi connectivity index (χ1) is 5.31. The van der Waals surface area contributed by atoms with Crippen molar-refractivity contribution in [1.82, 2.24) is 0 Å². The third-order valence-corrected chi connectivity index (χ3v) is 3.33. The van der Waals surface area contributed by atoms with Crippen molar-refractivity contribution in [2.24, 2.45) is 0 Å². The summed E-state index contributed by atoms with van der Waals surface area (Å²) < 4.78 is 57.7. The Kier molecular flexibility index (Phi) is 2.38. The lowest BCUT2D eigenvalue weighted by Gasteiger charge is -2.25. The molecule has 0 bridgehead atoms. The topological polar surface area (TPSA) is 34.1 Å². The molecule has 1 fully saturated rings. The minimum absolute atomic E-state index is 0.272. The molecule has 0 spiro atoms. The van der Waals surface area contributed by atoms with Gasteiger partial charge >= 0.3 is 10.2 Å². The van der Waals surface area contributed by atoms with Gasteiger partial charge < -0.3 is 0 Å². The summed E-state index contributed by atoms with van der Waals surface area (Å²) in [7, 11) is -4.61. The molecule has 0 heterocycles. The lowest BCUT2D eigenvalue weighted by molar-refractivity contribution is -0.0330. The molecule has 0 radical (unpaired) electrons. The van der Waals surface area contributed by atoms with Crippen molar-refractivity contribution < 1.29 is 21.1 Å². The van der Waals surface area contributed by atoms with Crippen LogP contribution in [0.2, 0.25) is 0 Å². The van der Waals surface area contributed by atoms with Crippen LogP contribution in [0.15, 0.2) is 0 Å². The van der Waals surface area contributed by atoms with E-state index in [1.54, 1.807) is 0 Å². The Morgan fingerprint density at radius 3 is 1.92 bits per heavy atom. The Bertz CT molecular complexity index is 250. The summed E-state index contributed by atoms with van der Waals surface area (Å²) in [5.74, 6) is -2.80. The van der Waals surface area contributed by atoms with E-state index in [2.05, 4.69) is 0 Å². The van der Waals surface area contributed by atoms with E-state index in [1.165, 1.54) is 0 Å². The van der Waals surface area contributed by atoms with Gasteiger partial charge in [0.2, 0.25) is 5.92 Å². The third kappa shape index (κ3) is 2.36. The van der Waals surface area contributed by atoms with E-state index in [0.29, 0.717) is 0 Å². The quantitative estimate of drug-likeness (QED) is 0.608. The van der Waals surface area contributed by atoms with Gasteiger partial charge in [0.05, 0.1) is 5.25 Å². The van der Waals surface area contributed by atoms with Gasteiger partial charge in [-0.25, -0.2) is 8.78 Å². The average Bonchev–Trinajstić information content (AvgIpc) is 1.83. The van der Waals surface area contributed by atoms with Crippen LogP contribution in [0.5, 0.6) is 0 Å². The van der Waals surface area contributed by atoms with E-state index in [9.17, 15) is 21.1 Å². The fraction of sp³-hybridized carbons (Fsp3) is 1.00. The molecule has 72 valence electrons. The van der Waals surface area contributed by atoms with E-state index in [4.69, 9.17) is 0 Å². The molecular weight excluding hydrogens is 193 g/mol. The highest BCUT2D eigenvalue weighted by molar-refractivity contribution is 7.87. The maximum Gasteiger partial charge on any atom is 0.305 e. The molecule has 0 saturated heterocycles. The van der Waals surface area contributed by atoms with Crippen molar-refractivity contribution in [3.63, 3.8) is 0 Å². The lowest BCUT2D eigenvalue weighted by atomic mass is 9.96. The van der Waals surface area contributed by atoms with Crippen molar-refractivity contribution in [3.05, 3.63) is 0 Å². The van der Waals surface area contributed by atoms with Gasteiger partial charge in [-0.3, -0.25) is 0 Å². The predicted molar refractivity (Wildman–Crippen MR) is 37.2 cm³/mol. The van der Waals surface area contributed by atoms with Gasteiger partial charge in [0.15, 0.2) is 0 Å². The van der Waals surface area contributed by atoms with Gasteiger partial charge in [0, 0.05) is 12.8 Å². The van der Waals surface area contributed by atoms with Crippen molar-refractivity contribution in [2.45, 2.75) is 36.9 Å². The molecule has 0 aromatic heterocycles. The highest BCUT2D eigenvalue weighted by atomic mass is 32.3. The molecular formula is C6H9F3O2S. The summed E-state index contributed by atoms with van der Waals surface area (Å²) >= 11 is 0. The van der Waals surface area contributed by atoms with Crippen LogP contribution in [0.25, 0.3) is 0 Å². The normalized spacial score (nSPS) is 25.6. The van der Waals surface area contributed by atoms with Crippen molar-refractivity contribution >= 4 is 10.2 Å². The zero-order chi connectivity index (χ0) is 9.41. The average molecular weight is 202 g/mol. The van der Waals surface area contributed by atoms with Crippen LogP contribution in [0.4, 0.5) is 12.7 Å². The number of rotatable bonds is 1. The summed E-state index contributed by atoms with van der Waals surface area (Å²) in [6.07, 6.45) is -1.60. The molecule has 1 aliphatic carbocycles. The summed E-state index contributed by atoms with van der Waals surface area (Å²) in [5, 5.41) is -1.21. The second-order valence-electron chi connectivity index (χ2n) is 3.03. The molecule has 0 aromatic rings. The molecule has 0 unspecified atom stereocenters. The molecule has 1 aliphatic rings. The molecule has 6 heteroatoms. The Hall–Kier alpha value is -0.260. The van der Waals surface area contributed by atoms with Gasteiger partial charge in [0.25, 0.3) is 0 Å². The summed E-state index contributed by atoms with van der Waals surface area (Å²) in [6.45, 7) is 0. The van der Waals surface area contributed by atoms with Crippen LogP contribution < -0.4 is 0 Å². The molecule has 0 aliphatic heterocycles. The Morgan fingerprint density at radius 2 is 1.58 bits per heavy atom. The zero-order valence-corrected chi connectivity index (χ0v) is 7.08. The van der Waals surface area contributed by atoms with Crippen molar-refractivity contribution in [3.8, 4) is 0 Å². The van der Waals surface area contributed by atoms with Crippen LogP contribution >= 0.6 is 0 Å². The zero-order valence-electron chi connectivity index (χ0n) is 6.26. The highest BCUT2D eigenvalue weighted by Crippen LogP contribution is 2.35. The molecule has 1 rings (SSSR count). The van der Waals surface area contributed by atoms with Gasteiger partial charge in [-0.05, 0) is 12.8 Å². The molecule has 0 aromatic carbocycles. The molecule has 0 amide bonds. The van der Waals surface area contributed by atoms with E-state index < -0.39 is 34.2 Å². The van der Waals surface area contributed by atoms with Crippen LogP contribution in [-0.2, 0) is 10.2 Å². The third-order valence-electron chi connectivity index (χ3n) is 2.06. The first-order valence-electron chi connectivity index (χ1n) is 3.62. The second kappa shape index (κ2) is 2.90. The standard InChI is InChI=1S/C6H9F3O2S/c7-6(8)3-1-5(2-4-6)12(9,10)11/h5H,1-4H2. The number of alkyl halides is 2. The van der Waals surface area contributed by atoms with Crippen LogP contribution in [0.3, 0.4) is 0 Å². The summed E-state index contributed by atoms with van der Waals surface area (Å²) in [5.41, 5.74) is 0. The van der Waals surface area contributed by atoms with Crippen LogP contribution in [-0.4, -0.2) is 19.6 Å². The summed E-state index contributed by atoms with van der Waals surface area (Å²) in [6, 6.07) is 0. The first-order valence-corrected chi connectivity index (χ1v) is 5.07. The maximum atomic E-state index is 12.4. The Labute approximate surface area is 69.0 Å². The summed E-state index contributed by atoms with van der Waals surface area (Å²) in [4.78, 5) is 0. The maximum absolute atomic E-state index is 12.4. The fourth-order valence-corrected chi connectivity index (χ4v) is 2.09. The van der Waals surface area contributed by atoms with E-state index in [0.717, 1.165) is 0 Å². The largest absolute Gasteiger partial charge is 0.305 e. The van der Waals surface area contributed by atoms with Gasteiger partial charge in [-0.2, -0.15) is 8.42 Å². The highest BCUT2D eigenvalue weighted by Gasteiger charge is 2.39. The second-order valence-corrected chi connectivity index (χ2v) is 4.65. The van der Waals surface area contributed by atoms with E-state index in [-0.39, 0.29) is 12.8 Å². The minimum Gasteiger partial charge on any atom is -0.207 e. The van der Waals surface area contributed by atoms with Crippen molar-refractivity contribution in [1.29, 1.82) is 0 Å². The Balaban J connectivity index is 2.59. The minimum atomic E-state index is -4.61. The molecule has 0 atom stereocenters. The SMILES string of the molecule is O=S(=O)(F)C1CCC(F)(F)CC1. The van der Waals surface area contributed by atoms with E-state index >= 15 is 0 Å². The van der Waals surface area contributed by atoms with Crippen molar-refractivity contribution in [2.75, 3.05) is 0 Å². The number of hydrogen-bond donors (Lipinski definition) is 0. The molecule has 12 heavy (non-hydrogen) atoms. The van der Waals surface area contributed by atoms with Gasteiger partial charge in [-0.1, -0.05) is 0 Å². The van der Waals surface area contributed by atoms with Crippen LogP contribution in [0, 0.1) is 0 Å².